The summed E-state index contributed by atoms with van der Waals surface area (Å²) >= 11 is 0. The highest BCUT2D eigenvalue weighted by molar-refractivity contribution is 5.90. The fourth-order valence-electron chi connectivity index (χ4n) is 4.79. The lowest BCUT2D eigenvalue weighted by atomic mass is 9.86. The van der Waals surface area contributed by atoms with Crippen LogP contribution in [0, 0.1) is 11.8 Å². The summed E-state index contributed by atoms with van der Waals surface area (Å²) in [6.07, 6.45) is 10.5. The summed E-state index contributed by atoms with van der Waals surface area (Å²) in [6.45, 7) is 6.58. The van der Waals surface area contributed by atoms with E-state index in [-0.39, 0.29) is 17.1 Å². The van der Waals surface area contributed by atoms with Crippen LogP contribution >= 0.6 is 0 Å². The van der Waals surface area contributed by atoms with E-state index in [1.807, 2.05) is 36.2 Å². The number of carbonyl (C=O) groups excluding carboxylic acids is 1. The van der Waals surface area contributed by atoms with Crippen molar-refractivity contribution in [1.82, 2.24) is 39.8 Å². The maximum Gasteiger partial charge on any atom is 0.292 e. The molecule has 2 fully saturated rings. The van der Waals surface area contributed by atoms with Gasteiger partial charge in [0.1, 0.15) is 5.52 Å². The van der Waals surface area contributed by atoms with Crippen LogP contribution in [-0.4, -0.2) is 60.1 Å². The molecular formula is C24H29N9O2. The molecule has 4 aromatic heterocycles. The second-order valence-electron chi connectivity index (χ2n) is 10.2. The number of amides is 1. The van der Waals surface area contributed by atoms with Crippen LogP contribution in [0.1, 0.15) is 49.6 Å². The number of rotatable bonds is 6. The fourth-order valence-corrected chi connectivity index (χ4v) is 4.79. The van der Waals surface area contributed by atoms with Crippen LogP contribution in [0.5, 0.6) is 0 Å². The van der Waals surface area contributed by atoms with E-state index in [0.29, 0.717) is 24.3 Å². The van der Waals surface area contributed by atoms with Crippen molar-refractivity contribution in [2.45, 2.75) is 38.5 Å². The van der Waals surface area contributed by atoms with Crippen LogP contribution in [0.15, 0.2) is 35.4 Å². The summed E-state index contributed by atoms with van der Waals surface area (Å²) in [5.74, 6) is 2.05. The Morgan fingerprint density at radius 2 is 2.11 bits per heavy atom. The van der Waals surface area contributed by atoms with Crippen LogP contribution in [0.4, 0.5) is 5.82 Å². The van der Waals surface area contributed by atoms with Gasteiger partial charge >= 0.3 is 0 Å². The molecule has 1 saturated carbocycles. The molecule has 2 aliphatic rings. The Balaban J connectivity index is 1.13. The molecule has 0 unspecified atom stereocenters. The number of carbonyl (C=O) groups is 1. The summed E-state index contributed by atoms with van der Waals surface area (Å²) in [6, 6.07) is 1.99. The molecule has 6 rings (SSSR count). The highest BCUT2D eigenvalue weighted by Gasteiger charge is 2.45. The first kappa shape index (κ1) is 21.8. The minimum Gasteiger partial charge on any atom is -0.355 e. The number of aryl methyl sites for hydroxylation is 1. The lowest BCUT2D eigenvalue weighted by Crippen LogP contribution is -2.44. The molecule has 0 aromatic carbocycles. The summed E-state index contributed by atoms with van der Waals surface area (Å²) < 4.78 is 8.96. The summed E-state index contributed by atoms with van der Waals surface area (Å²) in [7, 11) is 1.90. The number of hydrogen-bond donors (Lipinski definition) is 1. The van der Waals surface area contributed by atoms with E-state index in [0.717, 1.165) is 54.9 Å². The summed E-state index contributed by atoms with van der Waals surface area (Å²) in [5.41, 5.74) is 2.73. The third-order valence-corrected chi connectivity index (χ3v) is 7.42. The van der Waals surface area contributed by atoms with Gasteiger partial charge in [0.25, 0.3) is 11.7 Å². The van der Waals surface area contributed by atoms with Crippen molar-refractivity contribution in [1.29, 1.82) is 0 Å². The summed E-state index contributed by atoms with van der Waals surface area (Å²) in [5, 5.41) is 15.6. The van der Waals surface area contributed by atoms with E-state index in [1.165, 1.54) is 0 Å². The molecule has 4 aromatic rings. The van der Waals surface area contributed by atoms with Gasteiger partial charge in [-0.15, -0.1) is 0 Å². The molecule has 1 aliphatic heterocycles. The van der Waals surface area contributed by atoms with Gasteiger partial charge in [0, 0.05) is 43.9 Å². The zero-order chi connectivity index (χ0) is 24.2. The van der Waals surface area contributed by atoms with Crippen LogP contribution in [0.25, 0.3) is 16.8 Å². The predicted molar refractivity (Wildman–Crippen MR) is 128 cm³/mol. The van der Waals surface area contributed by atoms with Crippen LogP contribution in [0.2, 0.25) is 0 Å². The van der Waals surface area contributed by atoms with Crippen molar-refractivity contribution in [3.63, 3.8) is 0 Å². The fraction of sp³-hybridized carbons (Fsp3) is 0.500. The minimum absolute atomic E-state index is 0.0455. The lowest BCUT2D eigenvalue weighted by molar-refractivity contribution is 0.0926. The van der Waals surface area contributed by atoms with Gasteiger partial charge in [-0.3, -0.25) is 9.48 Å². The van der Waals surface area contributed by atoms with Crippen molar-refractivity contribution in [3.8, 4) is 11.3 Å². The largest absolute Gasteiger partial charge is 0.355 e. The van der Waals surface area contributed by atoms with Crippen molar-refractivity contribution < 1.29 is 9.32 Å². The number of nitrogens with zero attached hydrogens (tertiary/aromatic N) is 8. The maximum atomic E-state index is 12.6. The van der Waals surface area contributed by atoms with E-state index in [9.17, 15) is 4.79 Å². The Hall–Kier alpha value is -3.76. The number of aromatic nitrogens is 7. The van der Waals surface area contributed by atoms with E-state index >= 15 is 0 Å². The van der Waals surface area contributed by atoms with Crippen molar-refractivity contribution in [2.75, 3.05) is 24.5 Å². The van der Waals surface area contributed by atoms with Crippen molar-refractivity contribution in [3.05, 3.63) is 42.6 Å². The molecular weight excluding hydrogens is 446 g/mol. The van der Waals surface area contributed by atoms with Gasteiger partial charge < -0.3 is 14.7 Å². The Kier molecular flexibility index (Phi) is 5.08. The molecule has 1 aliphatic carbocycles. The van der Waals surface area contributed by atoms with E-state index in [1.54, 1.807) is 10.9 Å². The normalized spacial score (nSPS) is 21.4. The van der Waals surface area contributed by atoms with Gasteiger partial charge in [-0.2, -0.15) is 15.2 Å². The van der Waals surface area contributed by atoms with Crippen molar-refractivity contribution in [2.24, 2.45) is 18.9 Å². The number of piperidine rings is 1. The third-order valence-electron chi connectivity index (χ3n) is 7.42. The molecule has 1 saturated heterocycles. The van der Waals surface area contributed by atoms with Gasteiger partial charge in [0.2, 0.25) is 5.89 Å². The Labute approximate surface area is 202 Å². The SMILES string of the molecule is C[C@@H]1CN(c2nc(-c3cnn(C)c3)cn3nccc23)CC[C@@H]1CNC(=O)c1noc(C2(C)CC2)n1. The van der Waals surface area contributed by atoms with E-state index < -0.39 is 0 Å². The lowest BCUT2D eigenvalue weighted by Gasteiger charge is -2.38. The molecule has 1 N–H and O–H groups in total. The highest BCUT2D eigenvalue weighted by Crippen LogP contribution is 2.46. The quantitative estimate of drug-likeness (QED) is 0.452. The second kappa shape index (κ2) is 8.17. The molecule has 0 bridgehead atoms. The van der Waals surface area contributed by atoms with Crippen LogP contribution in [0.3, 0.4) is 0 Å². The monoisotopic (exact) mass is 475 g/mol. The minimum atomic E-state index is -0.273. The van der Waals surface area contributed by atoms with E-state index in [4.69, 9.17) is 9.51 Å². The highest BCUT2D eigenvalue weighted by atomic mass is 16.5. The number of fused-ring (bicyclic) bond motifs is 1. The van der Waals surface area contributed by atoms with Crippen LogP contribution in [-0.2, 0) is 12.5 Å². The molecule has 35 heavy (non-hydrogen) atoms. The topological polar surface area (TPSA) is 119 Å². The molecule has 1 amide bonds. The van der Waals surface area contributed by atoms with Gasteiger partial charge in [-0.1, -0.05) is 19.0 Å². The molecule has 11 nitrogen and oxygen atoms in total. The molecule has 0 radical (unpaired) electrons. The standard InChI is InChI=1S/C24H29N9O2/c1-15-12-32(21-19-4-8-26-33(19)14-18(28-21)17-11-27-31(3)13-17)9-5-16(15)10-25-22(34)20-29-23(35-30-20)24(2)6-7-24/h4,8,11,13-16H,5-7,9-10,12H2,1-3H3,(H,25,34)/t15-,16-/m1/s1. The number of anilines is 1. The first-order chi connectivity index (χ1) is 16.9. The van der Waals surface area contributed by atoms with E-state index in [2.05, 4.69) is 44.4 Å². The Morgan fingerprint density at radius 3 is 2.86 bits per heavy atom. The first-order valence-corrected chi connectivity index (χ1v) is 12.1. The Morgan fingerprint density at radius 1 is 1.26 bits per heavy atom. The van der Waals surface area contributed by atoms with Gasteiger partial charge in [0.15, 0.2) is 5.82 Å². The molecule has 0 spiro atoms. The van der Waals surface area contributed by atoms with Gasteiger partial charge in [-0.05, 0) is 37.2 Å². The van der Waals surface area contributed by atoms with Gasteiger partial charge in [-0.25, -0.2) is 9.50 Å². The molecule has 5 heterocycles. The zero-order valence-corrected chi connectivity index (χ0v) is 20.2. The predicted octanol–water partition coefficient (Wildman–Crippen LogP) is 2.46. The zero-order valence-electron chi connectivity index (χ0n) is 20.2. The number of nitrogens with one attached hydrogen (secondary N) is 1. The summed E-state index contributed by atoms with van der Waals surface area (Å²) in [4.78, 5) is 24.2. The first-order valence-electron chi connectivity index (χ1n) is 12.1. The Bertz CT molecular complexity index is 1380. The smallest absolute Gasteiger partial charge is 0.292 e. The maximum absolute atomic E-state index is 12.6. The average Bonchev–Trinajstić information content (AvgIpc) is 3.29. The number of hydrogen-bond acceptors (Lipinski definition) is 8. The molecule has 2 atom stereocenters. The van der Waals surface area contributed by atoms with Crippen molar-refractivity contribution >= 4 is 17.2 Å². The molecule has 11 heteroatoms. The molecule has 182 valence electrons. The second-order valence-corrected chi connectivity index (χ2v) is 10.2. The third kappa shape index (κ3) is 4.04. The van der Waals surface area contributed by atoms with Gasteiger partial charge in [0.05, 0.1) is 24.3 Å². The van der Waals surface area contributed by atoms with Crippen LogP contribution < -0.4 is 10.2 Å². The average molecular weight is 476 g/mol.